The van der Waals surface area contributed by atoms with E-state index in [0.29, 0.717) is 5.56 Å². The van der Waals surface area contributed by atoms with Crippen LogP contribution >= 0.6 is 11.8 Å². The van der Waals surface area contributed by atoms with Crippen molar-refractivity contribution in [3.63, 3.8) is 0 Å². The molecule has 31 heavy (non-hydrogen) atoms. The molecule has 0 radical (unpaired) electrons. The highest BCUT2D eigenvalue weighted by atomic mass is 32.2. The van der Waals surface area contributed by atoms with Crippen molar-refractivity contribution in [3.8, 4) is 6.07 Å². The third-order valence-electron chi connectivity index (χ3n) is 6.37. The van der Waals surface area contributed by atoms with Gasteiger partial charge < -0.3 is 9.80 Å². The second-order valence-corrected chi connectivity index (χ2v) is 10.6. The number of rotatable bonds is 2. The first-order valence-electron chi connectivity index (χ1n) is 11.0. The first-order chi connectivity index (χ1) is 14.9. The van der Waals surface area contributed by atoms with Gasteiger partial charge in [0.25, 0.3) is 0 Å². The molecular weight excluding hydrogens is 404 g/mol. The summed E-state index contributed by atoms with van der Waals surface area (Å²) in [7, 11) is 0. The molecule has 3 aromatic rings. The summed E-state index contributed by atoms with van der Waals surface area (Å²) in [5.41, 5.74) is 5.77. The molecule has 2 aliphatic rings. The molecule has 2 aromatic heterocycles. The first-order valence-corrected chi connectivity index (χ1v) is 11.8. The molecule has 160 valence electrons. The van der Waals surface area contributed by atoms with Gasteiger partial charge in [-0.2, -0.15) is 5.26 Å². The topological polar surface area (TPSA) is 59.9 Å². The molecule has 6 nitrogen and oxygen atoms in total. The van der Waals surface area contributed by atoms with Gasteiger partial charge in [0.2, 0.25) is 0 Å². The van der Waals surface area contributed by atoms with Crippen LogP contribution in [0.4, 0.5) is 5.82 Å². The average Bonchev–Trinajstić information content (AvgIpc) is 3.33. The van der Waals surface area contributed by atoms with Gasteiger partial charge in [-0.1, -0.05) is 30.8 Å². The first kappa shape index (κ1) is 20.2. The van der Waals surface area contributed by atoms with Gasteiger partial charge in [-0.05, 0) is 50.5 Å². The second kappa shape index (κ2) is 7.45. The van der Waals surface area contributed by atoms with Crippen LogP contribution in [0.3, 0.4) is 0 Å². The van der Waals surface area contributed by atoms with Crippen LogP contribution < -0.4 is 4.90 Å². The van der Waals surface area contributed by atoms with E-state index in [-0.39, 0.29) is 4.75 Å². The number of anilines is 1. The number of piperazine rings is 1. The number of amidine groups is 1. The number of hydrogen-bond acceptors (Lipinski definition) is 6. The quantitative estimate of drug-likeness (QED) is 0.606. The molecule has 0 atom stereocenters. The van der Waals surface area contributed by atoms with E-state index in [9.17, 15) is 5.26 Å². The summed E-state index contributed by atoms with van der Waals surface area (Å²) in [6.07, 6.45) is 0.884. The molecule has 7 heteroatoms. The number of aromatic nitrogens is 2. The molecule has 1 aromatic carbocycles. The van der Waals surface area contributed by atoms with Gasteiger partial charge >= 0.3 is 0 Å². The van der Waals surface area contributed by atoms with E-state index in [4.69, 9.17) is 9.98 Å². The lowest BCUT2D eigenvalue weighted by molar-refractivity contribution is 0.390. The highest BCUT2D eigenvalue weighted by Crippen LogP contribution is 2.36. The van der Waals surface area contributed by atoms with Crippen LogP contribution in [-0.2, 0) is 6.42 Å². The third-order valence-corrected chi connectivity index (χ3v) is 7.62. The van der Waals surface area contributed by atoms with E-state index >= 15 is 0 Å². The summed E-state index contributed by atoms with van der Waals surface area (Å²) in [6, 6.07) is 10.6. The summed E-state index contributed by atoms with van der Waals surface area (Å²) < 4.78 is 2.42. The van der Waals surface area contributed by atoms with Crippen LogP contribution in [-0.4, -0.2) is 56.9 Å². The number of para-hydroxylation sites is 2. The van der Waals surface area contributed by atoms with Crippen molar-refractivity contribution in [2.45, 2.75) is 38.9 Å². The van der Waals surface area contributed by atoms with E-state index in [0.717, 1.165) is 61.4 Å². The van der Waals surface area contributed by atoms with Gasteiger partial charge in [0.05, 0.1) is 23.1 Å². The molecule has 0 N–H and O–H groups in total. The molecule has 0 saturated carbocycles. The highest BCUT2D eigenvalue weighted by Gasteiger charge is 2.32. The zero-order valence-electron chi connectivity index (χ0n) is 18.6. The summed E-state index contributed by atoms with van der Waals surface area (Å²) in [6.45, 7) is 13.4. The van der Waals surface area contributed by atoms with Crippen LogP contribution in [0, 0.1) is 18.3 Å². The van der Waals surface area contributed by atoms with Gasteiger partial charge in [-0.3, -0.25) is 9.39 Å². The molecule has 0 amide bonds. The summed E-state index contributed by atoms with van der Waals surface area (Å²) in [5, 5.41) is 11.1. The van der Waals surface area contributed by atoms with E-state index in [1.807, 2.05) is 30.0 Å². The van der Waals surface area contributed by atoms with Crippen LogP contribution in [0.25, 0.3) is 16.7 Å². The normalized spacial score (nSPS) is 18.6. The average molecular weight is 433 g/mol. The molecule has 1 fully saturated rings. The molecule has 2 aliphatic heterocycles. The second-order valence-electron chi connectivity index (χ2n) is 8.96. The van der Waals surface area contributed by atoms with E-state index in [1.165, 1.54) is 16.5 Å². The Kier molecular flexibility index (Phi) is 4.86. The van der Waals surface area contributed by atoms with Crippen molar-refractivity contribution in [1.29, 1.82) is 5.26 Å². The van der Waals surface area contributed by atoms with Gasteiger partial charge in [0.15, 0.2) is 10.8 Å². The van der Waals surface area contributed by atoms with Gasteiger partial charge in [-0.15, -0.1) is 0 Å². The van der Waals surface area contributed by atoms with Gasteiger partial charge in [-0.25, -0.2) is 4.98 Å². The maximum absolute atomic E-state index is 9.92. The Hall–Kier alpha value is -2.72. The van der Waals surface area contributed by atoms with Crippen molar-refractivity contribution >= 4 is 39.4 Å². The number of aliphatic imine (C=N–C) groups is 1. The number of thioether (sulfide) groups is 1. The Bertz CT molecular complexity index is 1240. The van der Waals surface area contributed by atoms with Gasteiger partial charge in [0.1, 0.15) is 11.9 Å². The number of imidazole rings is 1. The predicted octanol–water partition coefficient (Wildman–Crippen LogP) is 4.23. The molecule has 0 spiro atoms. The monoisotopic (exact) mass is 432 g/mol. The molecule has 0 bridgehead atoms. The smallest absolute Gasteiger partial charge is 0.159 e. The zero-order chi connectivity index (χ0) is 21.8. The fourth-order valence-corrected chi connectivity index (χ4v) is 5.83. The lowest BCUT2D eigenvalue weighted by atomic mass is 10.0. The Labute approximate surface area is 187 Å². The fourth-order valence-electron chi connectivity index (χ4n) is 4.76. The number of nitrogens with zero attached hydrogens (tertiary/aromatic N) is 6. The number of benzene rings is 1. The Morgan fingerprint density at radius 2 is 1.84 bits per heavy atom. The number of pyridine rings is 1. The van der Waals surface area contributed by atoms with Crippen molar-refractivity contribution in [1.82, 2.24) is 14.3 Å². The largest absolute Gasteiger partial charge is 0.354 e. The van der Waals surface area contributed by atoms with Crippen LogP contribution in [0.15, 0.2) is 29.3 Å². The minimum atomic E-state index is 0.202. The lowest BCUT2D eigenvalue weighted by Gasteiger charge is -2.38. The highest BCUT2D eigenvalue weighted by molar-refractivity contribution is 8.15. The third kappa shape index (κ3) is 3.25. The SMILES string of the molecule is CCc1c(C)c(C#N)c2nc3ccccc3n2c1N1CCN(C2=NCC(C)(C)S2)CC1. The number of hydrogen-bond donors (Lipinski definition) is 0. The Morgan fingerprint density at radius 1 is 1.13 bits per heavy atom. The summed E-state index contributed by atoms with van der Waals surface area (Å²) >= 11 is 1.90. The minimum absolute atomic E-state index is 0.202. The van der Waals surface area contributed by atoms with Crippen LogP contribution in [0.1, 0.15) is 37.5 Å². The number of nitriles is 1. The maximum Gasteiger partial charge on any atom is 0.159 e. The lowest BCUT2D eigenvalue weighted by Crippen LogP contribution is -2.48. The minimum Gasteiger partial charge on any atom is -0.354 e. The van der Waals surface area contributed by atoms with Gasteiger partial charge in [0, 0.05) is 30.9 Å². The molecule has 1 saturated heterocycles. The van der Waals surface area contributed by atoms with Crippen molar-refractivity contribution in [2.24, 2.45) is 4.99 Å². The number of fused-ring (bicyclic) bond motifs is 3. The molecule has 0 aliphatic carbocycles. The van der Waals surface area contributed by atoms with Crippen LogP contribution in [0.5, 0.6) is 0 Å². The maximum atomic E-state index is 9.92. The van der Waals surface area contributed by atoms with Crippen molar-refractivity contribution in [2.75, 3.05) is 37.6 Å². The van der Waals surface area contributed by atoms with Crippen molar-refractivity contribution < 1.29 is 0 Å². The molecule has 4 heterocycles. The zero-order valence-corrected chi connectivity index (χ0v) is 19.5. The summed E-state index contributed by atoms with van der Waals surface area (Å²) in [5.74, 6) is 1.20. The van der Waals surface area contributed by atoms with Crippen molar-refractivity contribution in [3.05, 3.63) is 41.0 Å². The Balaban J connectivity index is 1.58. The standard InChI is InChI=1S/C24H28N6S/c1-5-17-16(2)18(14-25)21-27-19-8-6-7-9-20(19)30(21)22(17)28-10-12-29(13-11-28)23-26-15-24(3,4)31-23/h6-9H,5,10-13,15H2,1-4H3. The van der Waals surface area contributed by atoms with Crippen LogP contribution in [0.2, 0.25) is 0 Å². The summed E-state index contributed by atoms with van der Waals surface area (Å²) in [4.78, 5) is 14.6. The fraction of sp³-hybridized carbons (Fsp3) is 0.458. The van der Waals surface area contributed by atoms with E-state index in [1.54, 1.807) is 0 Å². The predicted molar refractivity (Wildman–Crippen MR) is 129 cm³/mol. The molecule has 5 rings (SSSR count). The Morgan fingerprint density at radius 3 is 2.48 bits per heavy atom. The molecular formula is C24H28N6S. The van der Waals surface area contributed by atoms with E-state index < -0.39 is 0 Å². The molecule has 0 unspecified atom stereocenters. The van der Waals surface area contributed by atoms with E-state index in [2.05, 4.69) is 54.0 Å².